The van der Waals surface area contributed by atoms with Gasteiger partial charge in [-0.05, 0) is 69.2 Å². The number of hydrogen-bond donors (Lipinski definition) is 0. The molecule has 3 aliphatic rings. The summed E-state index contributed by atoms with van der Waals surface area (Å²) in [5.74, 6) is 2.31. The maximum absolute atomic E-state index is 13.3. The van der Waals surface area contributed by atoms with Crippen LogP contribution in [0.5, 0.6) is 0 Å². The summed E-state index contributed by atoms with van der Waals surface area (Å²) in [7, 11) is 0. The Hall–Kier alpha value is -2.34. The second kappa shape index (κ2) is 8.06. The Morgan fingerprint density at radius 1 is 1.07 bits per heavy atom. The third-order valence-electron chi connectivity index (χ3n) is 6.70. The number of anilines is 1. The Morgan fingerprint density at radius 3 is 2.63 bits per heavy atom. The van der Waals surface area contributed by atoms with Gasteiger partial charge in [0.25, 0.3) is 0 Å². The minimum Gasteiger partial charge on any atom is -0.296 e. The summed E-state index contributed by atoms with van der Waals surface area (Å²) in [6, 6.07) is 6.89. The highest BCUT2D eigenvalue weighted by Crippen LogP contribution is 2.37. The van der Waals surface area contributed by atoms with Gasteiger partial charge in [0.05, 0.1) is 6.04 Å². The van der Waals surface area contributed by atoms with Gasteiger partial charge in [-0.25, -0.2) is 14.4 Å². The van der Waals surface area contributed by atoms with Gasteiger partial charge in [0.2, 0.25) is 5.91 Å². The minimum absolute atomic E-state index is 0.132. The maximum atomic E-state index is 13.3. The van der Waals surface area contributed by atoms with Gasteiger partial charge in [-0.15, -0.1) is 0 Å². The molecule has 1 aromatic carbocycles. The molecule has 0 unspecified atom stereocenters. The van der Waals surface area contributed by atoms with Gasteiger partial charge in [0.1, 0.15) is 17.5 Å². The number of amides is 1. The normalized spacial score (nSPS) is 22.3. The number of carbonyl (C=O) groups excluding carboxylic acids is 1. The molecule has 3 heterocycles. The zero-order valence-corrected chi connectivity index (χ0v) is 17.6. The van der Waals surface area contributed by atoms with E-state index in [1.54, 1.807) is 0 Å². The summed E-state index contributed by atoms with van der Waals surface area (Å²) < 4.78 is 13.3. The van der Waals surface area contributed by atoms with Crippen LogP contribution in [0.25, 0.3) is 0 Å². The number of likely N-dealkylation sites (tertiary alicyclic amines) is 1. The lowest BCUT2D eigenvalue weighted by atomic mass is 9.98. The molecule has 0 radical (unpaired) electrons. The van der Waals surface area contributed by atoms with Crippen LogP contribution < -0.4 is 4.90 Å². The number of carbonyl (C=O) groups is 1. The van der Waals surface area contributed by atoms with Crippen LogP contribution in [0.4, 0.5) is 10.2 Å². The highest BCUT2D eigenvalue weighted by atomic mass is 19.1. The molecule has 2 aliphatic heterocycles. The number of nitrogens with zero attached hydrogens (tertiary/aromatic N) is 4. The summed E-state index contributed by atoms with van der Waals surface area (Å²) in [4.78, 5) is 26.9. The standard InChI is InChI=1S/C24H29FN4O/c1-16-20-11-12-22(30)29(15-18-5-6-18)24(20)27-23(26-16)21-4-2-3-13-28(21)14-17-7-9-19(25)10-8-17/h7-10,18,21H,2-6,11-15H2,1H3/t21-/m0/s1. The van der Waals surface area contributed by atoms with E-state index in [1.165, 1.54) is 25.0 Å². The molecule has 1 atom stereocenters. The number of halogens is 1. The van der Waals surface area contributed by atoms with Crippen LogP contribution in [0.3, 0.4) is 0 Å². The summed E-state index contributed by atoms with van der Waals surface area (Å²) in [5, 5.41) is 0. The van der Waals surface area contributed by atoms with Crippen LogP contribution in [0.1, 0.15) is 67.2 Å². The van der Waals surface area contributed by atoms with E-state index in [9.17, 15) is 9.18 Å². The molecule has 0 bridgehead atoms. The number of rotatable bonds is 5. The predicted octanol–water partition coefficient (Wildman–Crippen LogP) is 4.34. The van der Waals surface area contributed by atoms with Gasteiger partial charge >= 0.3 is 0 Å². The lowest BCUT2D eigenvalue weighted by molar-refractivity contribution is -0.119. The van der Waals surface area contributed by atoms with E-state index in [0.29, 0.717) is 12.3 Å². The van der Waals surface area contributed by atoms with Crippen molar-refractivity contribution in [3.05, 3.63) is 52.7 Å². The van der Waals surface area contributed by atoms with E-state index >= 15 is 0 Å². The van der Waals surface area contributed by atoms with Crippen LogP contribution in [-0.2, 0) is 17.8 Å². The molecule has 1 aromatic heterocycles. The third-order valence-corrected chi connectivity index (χ3v) is 6.70. The first kappa shape index (κ1) is 19.6. The molecule has 0 N–H and O–H groups in total. The molecular formula is C24H29FN4O. The Labute approximate surface area is 177 Å². The Morgan fingerprint density at radius 2 is 1.87 bits per heavy atom. The maximum Gasteiger partial charge on any atom is 0.228 e. The second-order valence-electron chi connectivity index (χ2n) is 9.03. The zero-order chi connectivity index (χ0) is 20.7. The van der Waals surface area contributed by atoms with Crippen molar-refractivity contribution in [3.8, 4) is 0 Å². The quantitative estimate of drug-likeness (QED) is 0.738. The third kappa shape index (κ3) is 3.97. The largest absolute Gasteiger partial charge is 0.296 e. The molecule has 5 rings (SSSR count). The van der Waals surface area contributed by atoms with Crippen molar-refractivity contribution < 1.29 is 9.18 Å². The molecule has 158 valence electrons. The van der Waals surface area contributed by atoms with E-state index < -0.39 is 0 Å². The fourth-order valence-electron chi connectivity index (χ4n) is 4.80. The van der Waals surface area contributed by atoms with Crippen molar-refractivity contribution in [1.29, 1.82) is 0 Å². The van der Waals surface area contributed by atoms with Crippen LogP contribution in [-0.4, -0.2) is 33.9 Å². The SMILES string of the molecule is Cc1nc([C@@H]2CCCCN2Cc2ccc(F)cc2)nc2c1CCC(=O)N2CC1CC1. The van der Waals surface area contributed by atoms with Gasteiger partial charge in [0, 0.05) is 30.8 Å². The van der Waals surface area contributed by atoms with Gasteiger partial charge < -0.3 is 0 Å². The van der Waals surface area contributed by atoms with E-state index in [2.05, 4.69) is 11.8 Å². The average molecular weight is 409 g/mol. The van der Waals surface area contributed by atoms with Crippen molar-refractivity contribution in [1.82, 2.24) is 14.9 Å². The van der Waals surface area contributed by atoms with Gasteiger partial charge in [-0.1, -0.05) is 18.6 Å². The van der Waals surface area contributed by atoms with Gasteiger partial charge in [-0.2, -0.15) is 0 Å². The average Bonchev–Trinajstić information content (AvgIpc) is 3.56. The highest BCUT2D eigenvalue weighted by molar-refractivity contribution is 5.95. The zero-order valence-electron chi connectivity index (χ0n) is 17.6. The molecule has 0 spiro atoms. The van der Waals surface area contributed by atoms with E-state index in [0.717, 1.165) is 73.8 Å². The van der Waals surface area contributed by atoms with Crippen molar-refractivity contribution in [2.24, 2.45) is 5.92 Å². The first-order valence-corrected chi connectivity index (χ1v) is 11.2. The van der Waals surface area contributed by atoms with Crippen LogP contribution in [0.15, 0.2) is 24.3 Å². The lowest BCUT2D eigenvalue weighted by Gasteiger charge is -2.36. The molecular weight excluding hydrogens is 379 g/mol. The van der Waals surface area contributed by atoms with Crippen LogP contribution in [0, 0.1) is 18.7 Å². The van der Waals surface area contributed by atoms with E-state index in [1.807, 2.05) is 17.0 Å². The molecule has 2 fully saturated rings. The molecule has 2 aromatic rings. The Kier molecular flexibility index (Phi) is 5.27. The number of piperidine rings is 1. The Bertz CT molecular complexity index is 941. The summed E-state index contributed by atoms with van der Waals surface area (Å²) in [5.41, 5.74) is 3.25. The van der Waals surface area contributed by atoms with Crippen molar-refractivity contribution >= 4 is 11.7 Å². The Balaban J connectivity index is 1.45. The molecule has 1 saturated carbocycles. The molecule has 5 nitrogen and oxygen atoms in total. The number of fused-ring (bicyclic) bond motifs is 1. The molecule has 1 aliphatic carbocycles. The van der Waals surface area contributed by atoms with E-state index in [-0.39, 0.29) is 17.8 Å². The summed E-state index contributed by atoms with van der Waals surface area (Å²) in [6.07, 6.45) is 7.03. The summed E-state index contributed by atoms with van der Waals surface area (Å²) >= 11 is 0. The smallest absolute Gasteiger partial charge is 0.228 e. The number of hydrogen-bond acceptors (Lipinski definition) is 4. The van der Waals surface area contributed by atoms with Gasteiger partial charge in [-0.3, -0.25) is 14.6 Å². The number of aromatic nitrogens is 2. The number of benzene rings is 1. The number of aryl methyl sites for hydroxylation is 1. The molecule has 30 heavy (non-hydrogen) atoms. The topological polar surface area (TPSA) is 49.3 Å². The van der Waals surface area contributed by atoms with Crippen molar-refractivity contribution in [3.63, 3.8) is 0 Å². The highest BCUT2D eigenvalue weighted by Gasteiger charge is 2.35. The lowest BCUT2D eigenvalue weighted by Crippen LogP contribution is -2.39. The minimum atomic E-state index is -0.206. The van der Waals surface area contributed by atoms with Crippen LogP contribution in [0.2, 0.25) is 0 Å². The van der Waals surface area contributed by atoms with Crippen molar-refractivity contribution in [2.45, 2.75) is 64.5 Å². The first-order valence-electron chi connectivity index (χ1n) is 11.2. The molecule has 1 amide bonds. The van der Waals surface area contributed by atoms with Crippen LogP contribution >= 0.6 is 0 Å². The van der Waals surface area contributed by atoms with E-state index in [4.69, 9.17) is 9.97 Å². The fourth-order valence-corrected chi connectivity index (χ4v) is 4.80. The fraction of sp³-hybridized carbons (Fsp3) is 0.542. The first-order chi connectivity index (χ1) is 14.6. The molecule has 1 saturated heterocycles. The van der Waals surface area contributed by atoms with Gasteiger partial charge in [0.15, 0.2) is 0 Å². The predicted molar refractivity (Wildman–Crippen MR) is 114 cm³/mol. The van der Waals surface area contributed by atoms with Crippen molar-refractivity contribution in [2.75, 3.05) is 18.0 Å². The monoisotopic (exact) mass is 408 g/mol. The second-order valence-corrected chi connectivity index (χ2v) is 9.03. The summed E-state index contributed by atoms with van der Waals surface area (Å²) in [6.45, 7) is 4.59. The molecule has 6 heteroatoms.